The van der Waals surface area contributed by atoms with E-state index in [1.807, 2.05) is 6.92 Å². The van der Waals surface area contributed by atoms with Crippen molar-refractivity contribution in [2.75, 3.05) is 11.9 Å². The number of carboxylic acid groups (broad SMARTS) is 1. The van der Waals surface area contributed by atoms with E-state index >= 15 is 0 Å². The number of nitrogens with zero attached hydrogens (tertiary/aromatic N) is 2. The molecular weight excluding hydrogens is 266 g/mol. The third kappa shape index (κ3) is 3.52. The highest BCUT2D eigenvalue weighted by molar-refractivity contribution is 5.75. The summed E-state index contributed by atoms with van der Waals surface area (Å²) in [5.41, 5.74) is 0.565. The Morgan fingerprint density at radius 2 is 2.19 bits per heavy atom. The first kappa shape index (κ1) is 15.3. The van der Waals surface area contributed by atoms with E-state index in [1.165, 1.54) is 0 Å². The monoisotopic (exact) mass is 287 g/mol. The molecular formula is C16H21N3O2. The number of anilines is 1. The number of hydrogen-bond acceptors (Lipinski definition) is 4. The molecule has 5 heteroatoms. The van der Waals surface area contributed by atoms with Gasteiger partial charge in [-0.1, -0.05) is 6.92 Å². The van der Waals surface area contributed by atoms with Crippen LogP contribution in [0.1, 0.15) is 43.9 Å². The van der Waals surface area contributed by atoms with E-state index < -0.39 is 11.4 Å². The van der Waals surface area contributed by atoms with Gasteiger partial charge in [0.2, 0.25) is 0 Å². The maximum atomic E-state index is 11.7. The van der Waals surface area contributed by atoms with Crippen LogP contribution < -0.4 is 5.32 Å². The predicted octanol–water partition coefficient (Wildman–Crippen LogP) is 2.95. The largest absolute Gasteiger partial charge is 0.481 e. The first-order valence-corrected chi connectivity index (χ1v) is 7.31. The molecule has 0 bridgehead atoms. The second-order valence-corrected chi connectivity index (χ2v) is 6.12. The maximum absolute atomic E-state index is 11.7. The van der Waals surface area contributed by atoms with Gasteiger partial charge in [0, 0.05) is 12.2 Å². The summed E-state index contributed by atoms with van der Waals surface area (Å²) in [4.78, 5) is 16.0. The van der Waals surface area contributed by atoms with Gasteiger partial charge < -0.3 is 10.4 Å². The Labute approximate surface area is 125 Å². The molecule has 1 aromatic heterocycles. The number of rotatable bonds is 4. The van der Waals surface area contributed by atoms with Gasteiger partial charge in [-0.15, -0.1) is 0 Å². The summed E-state index contributed by atoms with van der Waals surface area (Å²) in [6, 6.07) is 5.46. The summed E-state index contributed by atoms with van der Waals surface area (Å²) in [5, 5.41) is 21.7. The van der Waals surface area contributed by atoms with Gasteiger partial charge in [0.25, 0.3) is 0 Å². The third-order valence-corrected chi connectivity index (χ3v) is 4.38. The number of hydrogen-bond donors (Lipinski definition) is 2. The number of aryl methyl sites for hydroxylation is 1. The van der Waals surface area contributed by atoms with E-state index in [9.17, 15) is 9.90 Å². The first-order chi connectivity index (χ1) is 9.95. The lowest BCUT2D eigenvalue weighted by atomic mass is 9.71. The van der Waals surface area contributed by atoms with Crippen molar-refractivity contribution in [2.24, 2.45) is 11.3 Å². The molecule has 112 valence electrons. The summed E-state index contributed by atoms with van der Waals surface area (Å²) in [5.74, 6) is 0.431. The highest BCUT2D eigenvalue weighted by Crippen LogP contribution is 2.39. The Hall–Kier alpha value is -2.09. The lowest BCUT2D eigenvalue weighted by Crippen LogP contribution is -2.41. The molecule has 1 fully saturated rings. The molecule has 0 atom stereocenters. The van der Waals surface area contributed by atoms with Gasteiger partial charge in [0.05, 0.1) is 17.0 Å². The van der Waals surface area contributed by atoms with Crippen LogP contribution in [0.2, 0.25) is 0 Å². The van der Waals surface area contributed by atoms with Gasteiger partial charge in [-0.05, 0) is 50.7 Å². The number of carboxylic acids is 1. The van der Waals surface area contributed by atoms with Crippen molar-refractivity contribution in [1.29, 1.82) is 5.26 Å². The van der Waals surface area contributed by atoms with Gasteiger partial charge in [-0.2, -0.15) is 5.26 Å². The zero-order valence-corrected chi connectivity index (χ0v) is 12.5. The summed E-state index contributed by atoms with van der Waals surface area (Å²) >= 11 is 0. The first-order valence-electron chi connectivity index (χ1n) is 7.31. The fraction of sp³-hybridized carbons (Fsp3) is 0.562. The molecule has 2 N–H and O–H groups in total. The fourth-order valence-electron chi connectivity index (χ4n) is 2.86. The molecule has 1 heterocycles. The average Bonchev–Trinajstić information content (AvgIpc) is 2.46. The number of nitriles is 1. The lowest BCUT2D eigenvalue weighted by molar-refractivity contribution is -0.150. The second kappa shape index (κ2) is 6.13. The van der Waals surface area contributed by atoms with E-state index in [1.54, 1.807) is 12.1 Å². The average molecular weight is 287 g/mol. The summed E-state index contributed by atoms with van der Waals surface area (Å²) in [6.45, 7) is 4.35. The SMILES string of the molecule is Cc1cc(C#N)cc(NCC2(C(=O)O)CCC(C)CC2)n1. The van der Waals surface area contributed by atoms with Crippen molar-refractivity contribution >= 4 is 11.8 Å². The normalized spacial score (nSPS) is 25.1. The topological polar surface area (TPSA) is 86.0 Å². The molecule has 0 saturated heterocycles. The van der Waals surface area contributed by atoms with Gasteiger partial charge in [-0.3, -0.25) is 4.79 Å². The van der Waals surface area contributed by atoms with Gasteiger partial charge in [0.1, 0.15) is 5.82 Å². The molecule has 21 heavy (non-hydrogen) atoms. The number of carbonyl (C=O) groups is 1. The highest BCUT2D eigenvalue weighted by Gasteiger charge is 2.41. The Morgan fingerprint density at radius 1 is 1.52 bits per heavy atom. The Kier molecular flexibility index (Phi) is 4.46. The molecule has 2 rings (SSSR count). The molecule has 0 unspecified atom stereocenters. The van der Waals surface area contributed by atoms with Crippen molar-refractivity contribution < 1.29 is 9.90 Å². The standard InChI is InChI=1S/C16H21N3O2/c1-11-3-5-16(6-4-11,15(20)21)10-18-14-8-13(9-17)7-12(2)19-14/h7-8,11H,3-6,10H2,1-2H3,(H,18,19)(H,20,21). The predicted molar refractivity (Wildman–Crippen MR) is 79.9 cm³/mol. The minimum absolute atomic E-state index is 0.358. The molecule has 1 saturated carbocycles. The molecule has 0 aliphatic heterocycles. The van der Waals surface area contributed by atoms with Crippen LogP contribution in [-0.2, 0) is 4.79 Å². The maximum Gasteiger partial charge on any atom is 0.311 e. The Balaban J connectivity index is 2.11. The van der Waals surface area contributed by atoms with E-state index in [0.717, 1.165) is 18.5 Å². The van der Waals surface area contributed by atoms with Crippen LogP contribution in [0.15, 0.2) is 12.1 Å². The summed E-state index contributed by atoms with van der Waals surface area (Å²) in [7, 11) is 0. The minimum atomic E-state index is -0.741. The molecule has 0 radical (unpaired) electrons. The number of aliphatic carboxylic acids is 1. The second-order valence-electron chi connectivity index (χ2n) is 6.12. The number of aromatic nitrogens is 1. The molecule has 0 aromatic carbocycles. The van der Waals surface area contributed by atoms with Crippen LogP contribution >= 0.6 is 0 Å². The highest BCUT2D eigenvalue weighted by atomic mass is 16.4. The third-order valence-electron chi connectivity index (χ3n) is 4.38. The van der Waals surface area contributed by atoms with Gasteiger partial charge in [0.15, 0.2) is 0 Å². The zero-order chi connectivity index (χ0) is 15.5. The zero-order valence-electron chi connectivity index (χ0n) is 12.5. The minimum Gasteiger partial charge on any atom is -0.481 e. The molecule has 1 aliphatic carbocycles. The van der Waals surface area contributed by atoms with Crippen molar-refractivity contribution in [3.05, 3.63) is 23.4 Å². The molecule has 1 aliphatic rings. The molecule has 1 aromatic rings. The molecule has 0 spiro atoms. The lowest BCUT2D eigenvalue weighted by Gasteiger charge is -2.36. The molecule has 0 amide bonds. The molecule has 5 nitrogen and oxygen atoms in total. The van der Waals surface area contributed by atoms with E-state index in [4.69, 9.17) is 5.26 Å². The number of nitrogens with one attached hydrogen (secondary N) is 1. The van der Waals surface area contributed by atoms with Crippen LogP contribution in [0.25, 0.3) is 0 Å². The van der Waals surface area contributed by atoms with E-state index in [0.29, 0.717) is 36.7 Å². The van der Waals surface area contributed by atoms with Crippen LogP contribution in [0.5, 0.6) is 0 Å². The summed E-state index contributed by atoms with van der Waals surface area (Å²) < 4.78 is 0. The fourth-order valence-corrected chi connectivity index (χ4v) is 2.86. The van der Waals surface area contributed by atoms with E-state index in [-0.39, 0.29) is 0 Å². The van der Waals surface area contributed by atoms with Crippen molar-refractivity contribution in [3.8, 4) is 6.07 Å². The van der Waals surface area contributed by atoms with Gasteiger partial charge in [-0.25, -0.2) is 4.98 Å². The van der Waals surface area contributed by atoms with Crippen LogP contribution in [0, 0.1) is 29.6 Å². The van der Waals surface area contributed by atoms with Crippen LogP contribution in [0.4, 0.5) is 5.82 Å². The van der Waals surface area contributed by atoms with Crippen LogP contribution in [0.3, 0.4) is 0 Å². The number of pyridine rings is 1. The van der Waals surface area contributed by atoms with Crippen LogP contribution in [-0.4, -0.2) is 22.6 Å². The smallest absolute Gasteiger partial charge is 0.311 e. The van der Waals surface area contributed by atoms with Crippen molar-refractivity contribution in [2.45, 2.75) is 39.5 Å². The quantitative estimate of drug-likeness (QED) is 0.889. The summed E-state index contributed by atoms with van der Waals surface area (Å²) in [6.07, 6.45) is 3.26. The Morgan fingerprint density at radius 3 is 2.76 bits per heavy atom. The van der Waals surface area contributed by atoms with Crippen molar-refractivity contribution in [3.63, 3.8) is 0 Å². The Bertz CT molecular complexity index is 569. The van der Waals surface area contributed by atoms with E-state index in [2.05, 4.69) is 23.3 Å². The van der Waals surface area contributed by atoms with Gasteiger partial charge >= 0.3 is 5.97 Å². The van der Waals surface area contributed by atoms with Crippen molar-refractivity contribution in [1.82, 2.24) is 4.98 Å².